The Balaban J connectivity index is 2.69. The SMILES string of the molecule is CCCCCN(CCO)C(=O)C(=O)Nc1ccc(C)cc1Cl. The number of carbonyl (C=O) groups excluding carboxylic acids is 2. The van der Waals surface area contributed by atoms with E-state index in [2.05, 4.69) is 12.2 Å². The summed E-state index contributed by atoms with van der Waals surface area (Å²) in [5.74, 6) is -1.39. The summed E-state index contributed by atoms with van der Waals surface area (Å²) in [4.78, 5) is 25.6. The second-order valence-corrected chi connectivity index (χ2v) is 5.57. The number of hydrogen-bond acceptors (Lipinski definition) is 3. The lowest BCUT2D eigenvalue weighted by Crippen LogP contribution is -2.41. The van der Waals surface area contributed by atoms with Gasteiger partial charge in [0.2, 0.25) is 0 Å². The van der Waals surface area contributed by atoms with Crippen LogP contribution in [0.1, 0.15) is 31.7 Å². The van der Waals surface area contributed by atoms with Crippen LogP contribution in [0.5, 0.6) is 0 Å². The number of unbranched alkanes of at least 4 members (excludes halogenated alkanes) is 2. The van der Waals surface area contributed by atoms with Crippen LogP contribution in [0.25, 0.3) is 0 Å². The molecule has 1 aromatic rings. The van der Waals surface area contributed by atoms with Crippen molar-refractivity contribution in [3.05, 3.63) is 28.8 Å². The highest BCUT2D eigenvalue weighted by atomic mass is 35.5. The van der Waals surface area contributed by atoms with Crippen molar-refractivity contribution in [2.45, 2.75) is 33.1 Å². The van der Waals surface area contributed by atoms with E-state index in [1.165, 1.54) is 4.90 Å². The zero-order valence-corrected chi connectivity index (χ0v) is 13.8. The van der Waals surface area contributed by atoms with Gasteiger partial charge in [0.1, 0.15) is 0 Å². The molecule has 0 aliphatic carbocycles. The van der Waals surface area contributed by atoms with E-state index in [1.807, 2.05) is 6.92 Å². The number of aliphatic hydroxyl groups is 1. The van der Waals surface area contributed by atoms with Gasteiger partial charge in [-0.05, 0) is 31.0 Å². The number of halogens is 1. The maximum absolute atomic E-state index is 12.2. The fraction of sp³-hybridized carbons (Fsp3) is 0.500. The predicted octanol–water partition coefficient (Wildman–Crippen LogP) is 2.60. The number of nitrogens with zero attached hydrogens (tertiary/aromatic N) is 1. The lowest BCUT2D eigenvalue weighted by molar-refractivity contribution is -0.143. The maximum Gasteiger partial charge on any atom is 0.313 e. The van der Waals surface area contributed by atoms with Crippen LogP contribution >= 0.6 is 11.6 Å². The van der Waals surface area contributed by atoms with Gasteiger partial charge in [-0.2, -0.15) is 0 Å². The summed E-state index contributed by atoms with van der Waals surface area (Å²) < 4.78 is 0. The minimum absolute atomic E-state index is 0.150. The fourth-order valence-electron chi connectivity index (χ4n) is 2.03. The van der Waals surface area contributed by atoms with Crippen molar-refractivity contribution in [3.8, 4) is 0 Å². The van der Waals surface area contributed by atoms with Crippen LogP contribution in [-0.4, -0.2) is 41.5 Å². The Morgan fingerprint density at radius 1 is 1.27 bits per heavy atom. The Hall–Kier alpha value is -1.59. The average molecular weight is 327 g/mol. The first-order chi connectivity index (χ1) is 10.5. The van der Waals surface area contributed by atoms with Crippen LogP contribution in [-0.2, 0) is 9.59 Å². The molecule has 2 N–H and O–H groups in total. The highest BCUT2D eigenvalue weighted by Gasteiger charge is 2.21. The van der Waals surface area contributed by atoms with Gasteiger partial charge in [0.05, 0.1) is 17.3 Å². The van der Waals surface area contributed by atoms with Gasteiger partial charge in [-0.25, -0.2) is 0 Å². The fourth-order valence-corrected chi connectivity index (χ4v) is 2.31. The van der Waals surface area contributed by atoms with E-state index in [0.29, 0.717) is 17.3 Å². The molecule has 2 amide bonds. The van der Waals surface area contributed by atoms with Gasteiger partial charge in [-0.15, -0.1) is 0 Å². The van der Waals surface area contributed by atoms with Crippen LogP contribution in [0.4, 0.5) is 5.69 Å². The van der Waals surface area contributed by atoms with Crippen molar-refractivity contribution in [1.82, 2.24) is 4.90 Å². The minimum atomic E-state index is -0.740. The van der Waals surface area contributed by atoms with Crippen LogP contribution in [0.15, 0.2) is 18.2 Å². The third kappa shape index (κ3) is 5.66. The van der Waals surface area contributed by atoms with E-state index in [4.69, 9.17) is 16.7 Å². The van der Waals surface area contributed by atoms with Gasteiger partial charge >= 0.3 is 11.8 Å². The molecule has 1 aromatic carbocycles. The van der Waals surface area contributed by atoms with Gasteiger partial charge in [-0.3, -0.25) is 9.59 Å². The van der Waals surface area contributed by atoms with Crippen molar-refractivity contribution in [2.75, 3.05) is 25.0 Å². The first kappa shape index (κ1) is 18.5. The number of rotatable bonds is 7. The molecule has 122 valence electrons. The maximum atomic E-state index is 12.2. The summed E-state index contributed by atoms with van der Waals surface area (Å²) in [7, 11) is 0. The van der Waals surface area contributed by atoms with Gasteiger partial charge < -0.3 is 15.3 Å². The first-order valence-corrected chi connectivity index (χ1v) is 7.84. The molecule has 0 heterocycles. The molecule has 0 unspecified atom stereocenters. The molecule has 22 heavy (non-hydrogen) atoms. The topological polar surface area (TPSA) is 69.6 Å². The summed E-state index contributed by atoms with van der Waals surface area (Å²) in [6, 6.07) is 5.18. The van der Waals surface area contributed by atoms with E-state index >= 15 is 0 Å². The van der Waals surface area contributed by atoms with Crippen molar-refractivity contribution < 1.29 is 14.7 Å². The molecule has 1 rings (SSSR count). The largest absolute Gasteiger partial charge is 0.395 e. The number of nitrogens with one attached hydrogen (secondary N) is 1. The van der Waals surface area contributed by atoms with Crippen molar-refractivity contribution in [2.24, 2.45) is 0 Å². The average Bonchev–Trinajstić information content (AvgIpc) is 2.48. The Morgan fingerprint density at radius 3 is 2.59 bits per heavy atom. The molecule has 0 spiro atoms. The Morgan fingerprint density at radius 2 is 2.00 bits per heavy atom. The Labute approximate surface area is 136 Å². The number of hydrogen-bond donors (Lipinski definition) is 2. The lowest BCUT2D eigenvalue weighted by atomic mass is 10.2. The smallest absolute Gasteiger partial charge is 0.313 e. The molecule has 0 aromatic heterocycles. The second-order valence-electron chi connectivity index (χ2n) is 5.16. The van der Waals surface area contributed by atoms with Crippen LogP contribution in [0, 0.1) is 6.92 Å². The van der Waals surface area contributed by atoms with Crippen LogP contribution in [0.3, 0.4) is 0 Å². The molecular weight excluding hydrogens is 304 g/mol. The summed E-state index contributed by atoms with van der Waals surface area (Å²) in [5.41, 5.74) is 1.37. The molecule has 0 aliphatic rings. The predicted molar refractivity (Wildman–Crippen MR) is 88.0 cm³/mol. The van der Waals surface area contributed by atoms with Gasteiger partial charge in [0.15, 0.2) is 0 Å². The molecule has 0 aliphatic heterocycles. The molecule has 5 nitrogen and oxygen atoms in total. The number of anilines is 1. The van der Waals surface area contributed by atoms with Crippen LogP contribution in [0.2, 0.25) is 5.02 Å². The third-order valence-electron chi connectivity index (χ3n) is 3.26. The second kappa shape index (κ2) is 9.43. The number of carbonyl (C=O) groups is 2. The standard InChI is InChI=1S/C16H23ClN2O3/c1-3-4-5-8-19(9-10-20)16(22)15(21)18-14-7-6-12(2)11-13(14)17/h6-7,11,20H,3-5,8-10H2,1-2H3,(H,18,21). The highest BCUT2D eigenvalue weighted by Crippen LogP contribution is 2.22. The Kier molecular flexibility index (Phi) is 7.91. The molecule has 0 radical (unpaired) electrons. The number of aliphatic hydroxyl groups excluding tert-OH is 1. The van der Waals surface area contributed by atoms with E-state index < -0.39 is 11.8 Å². The quantitative estimate of drug-likeness (QED) is 0.597. The van der Waals surface area contributed by atoms with E-state index in [9.17, 15) is 9.59 Å². The summed E-state index contributed by atoms with van der Waals surface area (Å²) in [5, 5.41) is 12.0. The zero-order valence-electron chi connectivity index (χ0n) is 13.1. The number of aryl methyl sites for hydroxylation is 1. The molecule has 6 heteroatoms. The minimum Gasteiger partial charge on any atom is -0.395 e. The molecule has 0 atom stereocenters. The van der Waals surface area contributed by atoms with Gasteiger partial charge in [0, 0.05) is 13.1 Å². The molecule has 0 fully saturated rings. The monoisotopic (exact) mass is 326 g/mol. The summed E-state index contributed by atoms with van der Waals surface area (Å²) in [6.45, 7) is 4.39. The highest BCUT2D eigenvalue weighted by molar-refractivity contribution is 6.41. The van der Waals surface area contributed by atoms with E-state index in [1.54, 1.807) is 18.2 Å². The molecule has 0 bridgehead atoms. The summed E-state index contributed by atoms with van der Waals surface area (Å²) in [6.07, 6.45) is 2.80. The number of benzene rings is 1. The Bertz CT molecular complexity index is 520. The van der Waals surface area contributed by atoms with Gasteiger partial charge in [-0.1, -0.05) is 37.4 Å². The lowest BCUT2D eigenvalue weighted by Gasteiger charge is -2.21. The molecular formula is C16H23ClN2O3. The number of amides is 2. The normalized spacial score (nSPS) is 10.4. The van der Waals surface area contributed by atoms with Crippen molar-refractivity contribution in [3.63, 3.8) is 0 Å². The van der Waals surface area contributed by atoms with Crippen molar-refractivity contribution in [1.29, 1.82) is 0 Å². The molecule has 0 saturated heterocycles. The van der Waals surface area contributed by atoms with E-state index in [-0.39, 0.29) is 13.2 Å². The van der Waals surface area contributed by atoms with Gasteiger partial charge in [0.25, 0.3) is 0 Å². The third-order valence-corrected chi connectivity index (χ3v) is 3.57. The van der Waals surface area contributed by atoms with E-state index in [0.717, 1.165) is 24.8 Å². The molecule has 0 saturated carbocycles. The zero-order chi connectivity index (χ0) is 16.5. The van der Waals surface area contributed by atoms with Crippen LogP contribution < -0.4 is 5.32 Å². The first-order valence-electron chi connectivity index (χ1n) is 7.46. The summed E-state index contributed by atoms with van der Waals surface area (Å²) >= 11 is 6.04. The van der Waals surface area contributed by atoms with Crippen molar-refractivity contribution >= 4 is 29.1 Å².